The molecular formula is C12H16O3S. The van der Waals surface area contributed by atoms with Crippen molar-refractivity contribution >= 4 is 10.1 Å². The van der Waals surface area contributed by atoms with Gasteiger partial charge in [0, 0.05) is 0 Å². The van der Waals surface area contributed by atoms with Crippen LogP contribution in [0.25, 0.3) is 0 Å². The number of hydrogen-bond acceptors (Lipinski definition) is 2. The van der Waals surface area contributed by atoms with E-state index in [1.54, 1.807) is 6.07 Å². The summed E-state index contributed by atoms with van der Waals surface area (Å²) in [7, 11) is -4.10. The molecule has 16 heavy (non-hydrogen) atoms. The van der Waals surface area contributed by atoms with Gasteiger partial charge in [-0.25, -0.2) is 0 Å². The number of hydrogen-bond donors (Lipinski definition) is 1. The van der Waals surface area contributed by atoms with Crippen molar-refractivity contribution in [3.63, 3.8) is 0 Å². The van der Waals surface area contributed by atoms with Crippen molar-refractivity contribution in [2.75, 3.05) is 0 Å². The van der Waals surface area contributed by atoms with Crippen LogP contribution in [0.3, 0.4) is 0 Å². The maximum atomic E-state index is 11.3. The summed E-state index contributed by atoms with van der Waals surface area (Å²) in [6, 6.07) is 5.08. The van der Waals surface area contributed by atoms with Crippen LogP contribution in [0, 0.1) is 12.8 Å². The van der Waals surface area contributed by atoms with E-state index >= 15 is 0 Å². The zero-order valence-corrected chi connectivity index (χ0v) is 10.3. The quantitative estimate of drug-likeness (QED) is 0.826. The molecule has 1 aromatic rings. The van der Waals surface area contributed by atoms with E-state index in [0.29, 0.717) is 5.92 Å². The van der Waals surface area contributed by atoms with Crippen molar-refractivity contribution in [3.8, 4) is 0 Å². The van der Waals surface area contributed by atoms with Gasteiger partial charge in [0.2, 0.25) is 0 Å². The van der Waals surface area contributed by atoms with E-state index in [0.717, 1.165) is 24.0 Å². The summed E-state index contributed by atoms with van der Waals surface area (Å²) >= 11 is 0. The minimum atomic E-state index is -4.10. The maximum absolute atomic E-state index is 11.3. The van der Waals surface area contributed by atoms with E-state index in [-0.39, 0.29) is 10.8 Å². The summed E-state index contributed by atoms with van der Waals surface area (Å²) in [6.07, 6.45) is 2.31. The van der Waals surface area contributed by atoms with Crippen LogP contribution in [0.4, 0.5) is 0 Å². The second-order valence-corrected chi connectivity index (χ2v) is 6.03. The van der Waals surface area contributed by atoms with Crippen molar-refractivity contribution in [1.29, 1.82) is 0 Å². The number of benzene rings is 1. The second-order valence-electron chi connectivity index (χ2n) is 4.64. The van der Waals surface area contributed by atoms with Crippen LogP contribution >= 0.6 is 0 Å². The summed E-state index contributed by atoms with van der Waals surface area (Å²) in [5, 5.41) is 0. The Labute approximate surface area is 96.2 Å². The highest BCUT2D eigenvalue weighted by molar-refractivity contribution is 7.85. The van der Waals surface area contributed by atoms with Gasteiger partial charge in [-0.15, -0.1) is 0 Å². The van der Waals surface area contributed by atoms with Crippen LogP contribution in [-0.2, 0) is 10.1 Å². The molecule has 1 fully saturated rings. The standard InChI is InChI=1S/C12H16O3S/c1-8-3-6-12(16(13,14)15)11(7-8)9(2)10-4-5-10/h3,6-7,9-10H,4-5H2,1-2H3,(H,13,14,15). The van der Waals surface area contributed by atoms with E-state index in [2.05, 4.69) is 0 Å². The zero-order chi connectivity index (χ0) is 11.9. The first kappa shape index (κ1) is 11.6. The van der Waals surface area contributed by atoms with E-state index in [1.807, 2.05) is 19.9 Å². The highest BCUT2D eigenvalue weighted by Crippen LogP contribution is 2.44. The Morgan fingerprint density at radius 3 is 2.50 bits per heavy atom. The van der Waals surface area contributed by atoms with Crippen LogP contribution in [-0.4, -0.2) is 13.0 Å². The monoisotopic (exact) mass is 240 g/mol. The van der Waals surface area contributed by atoms with Crippen molar-refractivity contribution in [2.45, 2.75) is 37.5 Å². The fourth-order valence-corrected chi connectivity index (χ4v) is 2.89. The first-order valence-corrected chi connectivity index (χ1v) is 6.91. The molecular weight excluding hydrogens is 224 g/mol. The Morgan fingerprint density at radius 1 is 1.38 bits per heavy atom. The van der Waals surface area contributed by atoms with Crippen LogP contribution < -0.4 is 0 Å². The Balaban J connectivity index is 2.52. The highest BCUT2D eigenvalue weighted by atomic mass is 32.2. The molecule has 0 amide bonds. The van der Waals surface area contributed by atoms with Crippen LogP contribution in [0.2, 0.25) is 0 Å². The first-order valence-electron chi connectivity index (χ1n) is 5.47. The van der Waals surface area contributed by atoms with Crippen LogP contribution in [0.15, 0.2) is 23.1 Å². The van der Waals surface area contributed by atoms with E-state index in [9.17, 15) is 13.0 Å². The fraction of sp³-hybridized carbons (Fsp3) is 0.500. The molecule has 0 aliphatic heterocycles. The van der Waals surface area contributed by atoms with Crippen LogP contribution in [0.5, 0.6) is 0 Å². The van der Waals surface area contributed by atoms with Gasteiger partial charge in [-0.1, -0.05) is 24.6 Å². The summed E-state index contributed by atoms with van der Waals surface area (Å²) in [4.78, 5) is 0.0671. The van der Waals surface area contributed by atoms with Gasteiger partial charge in [0.15, 0.2) is 0 Å². The average Bonchev–Trinajstić information content (AvgIpc) is 2.97. The maximum Gasteiger partial charge on any atom is 0.294 e. The molecule has 0 spiro atoms. The molecule has 0 bridgehead atoms. The lowest BCUT2D eigenvalue weighted by atomic mass is 9.95. The molecule has 1 unspecified atom stereocenters. The highest BCUT2D eigenvalue weighted by Gasteiger charge is 2.32. The van der Waals surface area contributed by atoms with Crippen molar-refractivity contribution in [2.24, 2.45) is 5.92 Å². The fourth-order valence-electron chi connectivity index (χ4n) is 2.11. The molecule has 1 aromatic carbocycles. The van der Waals surface area contributed by atoms with Gasteiger partial charge in [0.1, 0.15) is 0 Å². The lowest BCUT2D eigenvalue weighted by molar-refractivity contribution is 0.480. The molecule has 0 radical (unpaired) electrons. The predicted octanol–water partition coefficient (Wildman–Crippen LogP) is 2.76. The van der Waals surface area contributed by atoms with Crippen molar-refractivity contribution in [3.05, 3.63) is 29.3 Å². The largest absolute Gasteiger partial charge is 0.294 e. The molecule has 1 aliphatic carbocycles. The lowest BCUT2D eigenvalue weighted by Gasteiger charge is -2.15. The molecule has 0 heterocycles. The lowest BCUT2D eigenvalue weighted by Crippen LogP contribution is -2.07. The second kappa shape index (κ2) is 3.86. The Kier molecular flexibility index (Phi) is 2.80. The van der Waals surface area contributed by atoms with E-state index < -0.39 is 10.1 Å². The zero-order valence-electron chi connectivity index (χ0n) is 9.47. The van der Waals surface area contributed by atoms with Gasteiger partial charge >= 0.3 is 0 Å². The summed E-state index contributed by atoms with van der Waals surface area (Å²) in [6.45, 7) is 3.96. The molecule has 0 aromatic heterocycles. The minimum Gasteiger partial charge on any atom is -0.282 e. The number of rotatable bonds is 3. The van der Waals surface area contributed by atoms with Gasteiger partial charge in [-0.2, -0.15) is 8.42 Å². The third kappa shape index (κ3) is 2.28. The van der Waals surface area contributed by atoms with Crippen molar-refractivity contribution < 1.29 is 13.0 Å². The minimum absolute atomic E-state index is 0.0671. The molecule has 1 aliphatic rings. The molecule has 1 N–H and O–H groups in total. The molecule has 1 atom stereocenters. The van der Waals surface area contributed by atoms with E-state index in [1.165, 1.54) is 6.07 Å². The van der Waals surface area contributed by atoms with E-state index in [4.69, 9.17) is 0 Å². The van der Waals surface area contributed by atoms with Gasteiger partial charge < -0.3 is 0 Å². The van der Waals surface area contributed by atoms with Crippen LogP contribution in [0.1, 0.15) is 36.8 Å². The molecule has 88 valence electrons. The molecule has 0 saturated heterocycles. The Hall–Kier alpha value is -0.870. The summed E-state index contributed by atoms with van der Waals surface area (Å²) in [5.74, 6) is 0.777. The Morgan fingerprint density at radius 2 is 2.00 bits per heavy atom. The van der Waals surface area contributed by atoms with Gasteiger partial charge in [-0.3, -0.25) is 4.55 Å². The molecule has 3 nitrogen and oxygen atoms in total. The first-order chi connectivity index (χ1) is 7.39. The van der Waals surface area contributed by atoms with Crippen molar-refractivity contribution in [1.82, 2.24) is 0 Å². The molecule has 4 heteroatoms. The summed E-state index contributed by atoms with van der Waals surface area (Å²) < 4.78 is 31.7. The topological polar surface area (TPSA) is 54.4 Å². The van der Waals surface area contributed by atoms with Gasteiger partial charge in [0.05, 0.1) is 4.90 Å². The van der Waals surface area contributed by atoms with Gasteiger partial charge in [0.25, 0.3) is 10.1 Å². The number of aryl methyl sites for hydroxylation is 1. The smallest absolute Gasteiger partial charge is 0.282 e. The third-order valence-electron chi connectivity index (χ3n) is 3.26. The summed E-state index contributed by atoms with van der Waals surface area (Å²) in [5.41, 5.74) is 1.78. The normalized spacial score (nSPS) is 18.4. The third-order valence-corrected chi connectivity index (χ3v) is 4.19. The van der Waals surface area contributed by atoms with Gasteiger partial charge in [-0.05, 0) is 43.2 Å². The Bertz CT molecular complexity index is 501. The molecule has 1 saturated carbocycles. The average molecular weight is 240 g/mol. The SMILES string of the molecule is Cc1ccc(S(=O)(=O)O)c(C(C)C2CC2)c1. The molecule has 2 rings (SSSR count). The predicted molar refractivity (Wildman–Crippen MR) is 62.1 cm³/mol.